The van der Waals surface area contributed by atoms with Crippen LogP contribution in [0.1, 0.15) is 47.0 Å². The first-order valence-corrected chi connectivity index (χ1v) is 7.18. The van der Waals surface area contributed by atoms with E-state index in [1.165, 1.54) is 0 Å². The van der Waals surface area contributed by atoms with Gasteiger partial charge in [0.05, 0.1) is 12.6 Å². The highest BCUT2D eigenvalue weighted by molar-refractivity contribution is 5.61. The van der Waals surface area contributed by atoms with Crippen LogP contribution in [0, 0.1) is 0 Å². The Morgan fingerprint density at radius 1 is 1.33 bits per heavy atom. The Morgan fingerprint density at radius 3 is 2.50 bits per heavy atom. The number of quaternary nitrogens is 1. The summed E-state index contributed by atoms with van der Waals surface area (Å²) in [5.41, 5.74) is -0.392. The van der Waals surface area contributed by atoms with E-state index in [4.69, 9.17) is 4.74 Å². The number of carbonyl (C=O) groups excluding carboxylic acids is 1. The quantitative estimate of drug-likeness (QED) is 0.731. The van der Waals surface area contributed by atoms with Crippen molar-refractivity contribution in [3.8, 4) is 0 Å². The predicted octanol–water partition coefficient (Wildman–Crippen LogP) is 2.28. The van der Waals surface area contributed by atoms with Crippen molar-refractivity contribution in [2.75, 3.05) is 19.6 Å². The normalized spacial score (nSPS) is 36.9. The molecule has 1 N–H and O–H groups in total. The standard InChI is InChI=1S/C14H27N2O2/c1-11-6-5-9-16(11,12-7-8-15-10-12)13(17)18-14(2,3)4/h11-12,15H,5-10H2,1-4H3/q+1/t11-,12-,16?/m0/s1. The fourth-order valence-corrected chi connectivity index (χ4v) is 3.44. The second-order valence-electron chi connectivity index (χ2n) is 6.77. The molecule has 18 heavy (non-hydrogen) atoms. The third-order valence-electron chi connectivity index (χ3n) is 4.36. The summed E-state index contributed by atoms with van der Waals surface area (Å²) in [6, 6.07) is 0.794. The van der Waals surface area contributed by atoms with Gasteiger partial charge in [-0.3, -0.25) is 0 Å². The Balaban J connectivity index is 2.22. The molecule has 0 spiro atoms. The summed E-state index contributed by atoms with van der Waals surface area (Å²) in [6.45, 7) is 11.0. The van der Waals surface area contributed by atoms with E-state index in [1.54, 1.807) is 0 Å². The second kappa shape index (κ2) is 4.82. The van der Waals surface area contributed by atoms with Crippen LogP contribution in [-0.4, -0.2) is 47.9 Å². The monoisotopic (exact) mass is 255 g/mol. The van der Waals surface area contributed by atoms with Crippen LogP contribution in [0.4, 0.5) is 4.79 Å². The molecule has 4 nitrogen and oxygen atoms in total. The number of hydrogen-bond acceptors (Lipinski definition) is 3. The van der Waals surface area contributed by atoms with Crippen molar-refractivity contribution in [2.24, 2.45) is 0 Å². The van der Waals surface area contributed by atoms with Gasteiger partial charge in [-0.2, -0.15) is 4.79 Å². The van der Waals surface area contributed by atoms with Crippen LogP contribution >= 0.6 is 0 Å². The summed E-state index contributed by atoms with van der Waals surface area (Å²) in [5, 5.41) is 3.39. The third-order valence-corrected chi connectivity index (χ3v) is 4.36. The van der Waals surface area contributed by atoms with Gasteiger partial charge in [-0.15, -0.1) is 0 Å². The largest absolute Gasteiger partial charge is 0.517 e. The van der Waals surface area contributed by atoms with Crippen LogP contribution in [0.15, 0.2) is 0 Å². The van der Waals surface area contributed by atoms with E-state index >= 15 is 0 Å². The van der Waals surface area contributed by atoms with Crippen molar-refractivity contribution in [2.45, 2.75) is 64.6 Å². The summed E-state index contributed by atoms with van der Waals surface area (Å²) in [4.78, 5) is 12.7. The molecular weight excluding hydrogens is 228 g/mol. The zero-order valence-corrected chi connectivity index (χ0v) is 12.2. The second-order valence-corrected chi connectivity index (χ2v) is 6.77. The number of likely N-dealkylation sites (tertiary alicyclic amines) is 1. The predicted molar refractivity (Wildman–Crippen MR) is 71.3 cm³/mol. The van der Waals surface area contributed by atoms with Crippen molar-refractivity contribution >= 4 is 6.09 Å². The lowest BCUT2D eigenvalue weighted by molar-refractivity contribution is -0.890. The maximum atomic E-state index is 12.7. The summed E-state index contributed by atoms with van der Waals surface area (Å²) in [5.74, 6) is 0. The molecule has 2 aliphatic heterocycles. The molecule has 2 aliphatic rings. The van der Waals surface area contributed by atoms with Crippen LogP contribution in [-0.2, 0) is 4.74 Å². The molecule has 0 aromatic carbocycles. The third kappa shape index (κ3) is 2.41. The van der Waals surface area contributed by atoms with Gasteiger partial charge in [0.2, 0.25) is 0 Å². The van der Waals surface area contributed by atoms with Gasteiger partial charge < -0.3 is 10.1 Å². The van der Waals surface area contributed by atoms with Crippen LogP contribution in [0.25, 0.3) is 0 Å². The highest BCUT2D eigenvalue weighted by Crippen LogP contribution is 2.35. The first kappa shape index (κ1) is 13.8. The van der Waals surface area contributed by atoms with Gasteiger partial charge in [-0.25, -0.2) is 4.48 Å². The molecule has 0 radical (unpaired) electrons. The molecule has 2 saturated heterocycles. The van der Waals surface area contributed by atoms with Crippen LogP contribution in [0.5, 0.6) is 0 Å². The minimum atomic E-state index is -0.392. The van der Waals surface area contributed by atoms with Gasteiger partial charge in [0.15, 0.2) is 0 Å². The molecule has 2 heterocycles. The average molecular weight is 255 g/mol. The van der Waals surface area contributed by atoms with Gasteiger partial charge in [0, 0.05) is 32.4 Å². The number of hydrogen-bond donors (Lipinski definition) is 1. The number of rotatable bonds is 1. The molecule has 0 bridgehead atoms. The first-order chi connectivity index (χ1) is 8.36. The molecule has 3 atom stereocenters. The van der Waals surface area contributed by atoms with Crippen molar-refractivity contribution in [1.82, 2.24) is 5.32 Å². The van der Waals surface area contributed by atoms with Gasteiger partial charge >= 0.3 is 6.09 Å². The molecule has 1 amide bonds. The Hall–Kier alpha value is -0.610. The lowest BCUT2D eigenvalue weighted by Crippen LogP contribution is -2.63. The van der Waals surface area contributed by atoms with Gasteiger partial charge in [0.1, 0.15) is 11.6 Å². The topological polar surface area (TPSA) is 38.3 Å². The molecule has 2 fully saturated rings. The van der Waals surface area contributed by atoms with Crippen molar-refractivity contribution in [3.05, 3.63) is 0 Å². The number of ether oxygens (including phenoxy) is 1. The summed E-state index contributed by atoms with van der Waals surface area (Å²) in [6.07, 6.45) is 3.34. The Labute approximate surface area is 110 Å². The molecule has 104 valence electrons. The van der Waals surface area contributed by atoms with Crippen LogP contribution in [0.3, 0.4) is 0 Å². The molecule has 0 aromatic heterocycles. The molecular formula is C14H27N2O2+. The number of nitrogens with one attached hydrogen (secondary N) is 1. The van der Waals surface area contributed by atoms with Crippen molar-refractivity contribution in [1.29, 1.82) is 0 Å². The van der Waals surface area contributed by atoms with Gasteiger partial charge in [-0.1, -0.05) is 0 Å². The Bertz CT molecular complexity index is 318. The number of carbonyl (C=O) groups is 1. The zero-order valence-electron chi connectivity index (χ0n) is 12.2. The number of amides is 1. The number of nitrogens with zero attached hydrogens (tertiary/aromatic N) is 1. The first-order valence-electron chi connectivity index (χ1n) is 7.18. The molecule has 1 unspecified atom stereocenters. The van der Waals surface area contributed by atoms with Crippen molar-refractivity contribution < 1.29 is 14.0 Å². The van der Waals surface area contributed by atoms with E-state index in [9.17, 15) is 4.79 Å². The molecule has 0 aliphatic carbocycles. The van der Waals surface area contributed by atoms with E-state index in [-0.39, 0.29) is 6.09 Å². The summed E-state index contributed by atoms with van der Waals surface area (Å²) in [7, 11) is 0. The zero-order chi connectivity index (χ0) is 13.4. The van der Waals surface area contributed by atoms with Gasteiger partial charge in [0.25, 0.3) is 0 Å². The van der Waals surface area contributed by atoms with E-state index < -0.39 is 5.60 Å². The Morgan fingerprint density at radius 2 is 2.06 bits per heavy atom. The van der Waals surface area contributed by atoms with Crippen LogP contribution in [0.2, 0.25) is 0 Å². The molecule has 2 rings (SSSR count). The summed E-state index contributed by atoms with van der Waals surface area (Å²) < 4.78 is 6.26. The SMILES string of the molecule is C[C@H]1CCC[N+]1(C(=O)OC(C)(C)C)[C@H]1CCNC1. The summed E-state index contributed by atoms with van der Waals surface area (Å²) >= 11 is 0. The van der Waals surface area contributed by atoms with E-state index in [0.717, 1.165) is 38.9 Å². The molecule has 4 heteroatoms. The fourth-order valence-electron chi connectivity index (χ4n) is 3.44. The van der Waals surface area contributed by atoms with Crippen LogP contribution < -0.4 is 5.32 Å². The maximum absolute atomic E-state index is 12.7. The molecule has 0 saturated carbocycles. The van der Waals surface area contributed by atoms with E-state index in [0.29, 0.717) is 16.6 Å². The highest BCUT2D eigenvalue weighted by atomic mass is 16.6. The smallest absolute Gasteiger partial charge is 0.414 e. The van der Waals surface area contributed by atoms with Gasteiger partial charge in [-0.05, 0) is 27.7 Å². The molecule has 0 aromatic rings. The van der Waals surface area contributed by atoms with E-state index in [2.05, 4.69) is 12.2 Å². The minimum absolute atomic E-state index is 0.0128. The Kier molecular flexibility index (Phi) is 3.70. The van der Waals surface area contributed by atoms with Crippen molar-refractivity contribution in [3.63, 3.8) is 0 Å². The lowest BCUT2D eigenvalue weighted by Gasteiger charge is -2.40. The highest BCUT2D eigenvalue weighted by Gasteiger charge is 2.54. The van der Waals surface area contributed by atoms with E-state index in [1.807, 2.05) is 20.8 Å². The fraction of sp³-hybridized carbons (Fsp3) is 0.929. The lowest BCUT2D eigenvalue weighted by atomic mass is 10.1. The average Bonchev–Trinajstić information content (AvgIpc) is 2.83. The minimum Gasteiger partial charge on any atom is -0.414 e. The maximum Gasteiger partial charge on any atom is 0.517 e.